The van der Waals surface area contributed by atoms with Crippen molar-refractivity contribution in [3.63, 3.8) is 0 Å². The van der Waals surface area contributed by atoms with E-state index >= 15 is 0 Å². The number of hydrogen-bond donors (Lipinski definition) is 2. The highest BCUT2D eigenvalue weighted by molar-refractivity contribution is 5.89. The Hall–Kier alpha value is -2.57. The van der Waals surface area contributed by atoms with Gasteiger partial charge < -0.3 is 10.6 Å². The van der Waals surface area contributed by atoms with Crippen molar-refractivity contribution in [1.29, 1.82) is 0 Å². The van der Waals surface area contributed by atoms with E-state index in [1.165, 1.54) is 24.3 Å². The molecule has 3 nitrogen and oxygen atoms in total. The number of nitrogens with one attached hydrogen (secondary N) is 2. The largest absolute Gasteiger partial charge is 0.416 e. The minimum absolute atomic E-state index is 0.261. The van der Waals surface area contributed by atoms with E-state index in [2.05, 4.69) is 10.6 Å². The normalized spacial score (nSPS) is 11.1. The number of halogens is 4. The van der Waals surface area contributed by atoms with Crippen LogP contribution in [0.3, 0.4) is 0 Å². The molecule has 2 aromatic carbocycles. The summed E-state index contributed by atoms with van der Waals surface area (Å²) >= 11 is 0. The molecule has 0 radical (unpaired) electrons. The summed E-state index contributed by atoms with van der Waals surface area (Å²) in [7, 11) is 0. The third-order valence-corrected chi connectivity index (χ3v) is 3.08. The molecule has 2 N–H and O–H groups in total. The number of alkyl halides is 3. The van der Waals surface area contributed by atoms with Crippen LogP contribution in [0.4, 0.5) is 28.0 Å². The number of hydrogen-bond acceptors (Lipinski definition) is 1. The number of anilines is 1. The Morgan fingerprint density at radius 3 is 2.13 bits per heavy atom. The molecular weight excluding hydrogens is 312 g/mol. The lowest BCUT2D eigenvalue weighted by molar-refractivity contribution is -0.137. The maximum atomic E-state index is 12.7. The highest BCUT2D eigenvalue weighted by Gasteiger charge is 2.29. The average Bonchev–Trinajstić information content (AvgIpc) is 2.49. The number of urea groups is 1. The van der Waals surface area contributed by atoms with Crippen LogP contribution >= 0.6 is 0 Å². The number of benzene rings is 2. The van der Waals surface area contributed by atoms with E-state index in [1.54, 1.807) is 12.1 Å². The summed E-state index contributed by atoms with van der Waals surface area (Å²) in [6, 6.07) is 9.53. The molecular formula is C16H14F4N2O. The van der Waals surface area contributed by atoms with E-state index in [1.807, 2.05) is 0 Å². The summed E-state index contributed by atoms with van der Waals surface area (Å²) in [4.78, 5) is 11.6. The van der Waals surface area contributed by atoms with Crippen LogP contribution in [-0.4, -0.2) is 12.6 Å². The summed E-state index contributed by atoms with van der Waals surface area (Å²) < 4.78 is 50.0. The zero-order valence-electron chi connectivity index (χ0n) is 12.0. The summed E-state index contributed by atoms with van der Waals surface area (Å²) in [5, 5.41) is 5.01. The summed E-state index contributed by atoms with van der Waals surface area (Å²) in [5.74, 6) is -0.332. The molecule has 2 amide bonds. The second kappa shape index (κ2) is 7.13. The topological polar surface area (TPSA) is 41.1 Å². The fourth-order valence-corrected chi connectivity index (χ4v) is 1.89. The third-order valence-electron chi connectivity index (χ3n) is 3.08. The Labute approximate surface area is 130 Å². The second-order valence-corrected chi connectivity index (χ2v) is 4.83. The summed E-state index contributed by atoms with van der Waals surface area (Å²) in [5.41, 5.74) is 0.346. The van der Waals surface area contributed by atoms with Crippen molar-refractivity contribution in [1.82, 2.24) is 5.32 Å². The Kier molecular flexibility index (Phi) is 5.20. The number of carbonyl (C=O) groups excluding carboxylic acids is 1. The van der Waals surface area contributed by atoms with Crippen molar-refractivity contribution in [2.45, 2.75) is 12.6 Å². The van der Waals surface area contributed by atoms with Crippen molar-refractivity contribution < 1.29 is 22.4 Å². The molecule has 2 rings (SSSR count). The van der Waals surface area contributed by atoms with Crippen molar-refractivity contribution in [2.24, 2.45) is 0 Å². The van der Waals surface area contributed by atoms with Gasteiger partial charge in [0.1, 0.15) is 5.82 Å². The van der Waals surface area contributed by atoms with E-state index in [0.717, 1.165) is 17.7 Å². The van der Waals surface area contributed by atoms with Gasteiger partial charge in [-0.3, -0.25) is 0 Å². The van der Waals surface area contributed by atoms with Gasteiger partial charge in [-0.2, -0.15) is 13.2 Å². The zero-order chi connectivity index (χ0) is 16.9. The van der Waals surface area contributed by atoms with Crippen LogP contribution in [0.1, 0.15) is 11.1 Å². The molecule has 0 fully saturated rings. The molecule has 0 aliphatic rings. The Balaban J connectivity index is 1.79. The molecule has 0 bridgehead atoms. The van der Waals surface area contributed by atoms with E-state index in [9.17, 15) is 22.4 Å². The molecule has 122 valence electrons. The lowest BCUT2D eigenvalue weighted by Gasteiger charge is -2.10. The lowest BCUT2D eigenvalue weighted by atomic mass is 10.1. The van der Waals surface area contributed by atoms with Gasteiger partial charge in [0.25, 0.3) is 0 Å². The SMILES string of the molecule is O=C(NCCc1ccc(F)cc1)Nc1ccc(C(F)(F)F)cc1. The van der Waals surface area contributed by atoms with Crippen molar-refractivity contribution in [3.05, 3.63) is 65.5 Å². The Bertz CT molecular complexity index is 651. The minimum Gasteiger partial charge on any atom is -0.338 e. The fraction of sp³-hybridized carbons (Fsp3) is 0.188. The monoisotopic (exact) mass is 326 g/mol. The third kappa shape index (κ3) is 5.28. The molecule has 0 aliphatic heterocycles. The first-order valence-electron chi connectivity index (χ1n) is 6.81. The maximum Gasteiger partial charge on any atom is 0.416 e. The number of carbonyl (C=O) groups is 1. The van der Waals surface area contributed by atoms with Gasteiger partial charge in [0.05, 0.1) is 5.56 Å². The van der Waals surface area contributed by atoms with Gasteiger partial charge in [-0.15, -0.1) is 0 Å². The van der Waals surface area contributed by atoms with Gasteiger partial charge >= 0.3 is 12.2 Å². The van der Waals surface area contributed by atoms with Gasteiger partial charge in [-0.1, -0.05) is 12.1 Å². The molecule has 2 aromatic rings. The van der Waals surface area contributed by atoms with Crippen LogP contribution in [0.25, 0.3) is 0 Å². The van der Waals surface area contributed by atoms with Crippen LogP contribution < -0.4 is 10.6 Å². The van der Waals surface area contributed by atoms with Crippen LogP contribution in [-0.2, 0) is 12.6 Å². The van der Waals surface area contributed by atoms with Crippen LogP contribution in [0.2, 0.25) is 0 Å². The predicted octanol–water partition coefficient (Wildman–Crippen LogP) is 4.21. The summed E-state index contributed by atoms with van der Waals surface area (Å²) in [6.45, 7) is 0.318. The molecule has 0 spiro atoms. The zero-order valence-corrected chi connectivity index (χ0v) is 12.0. The maximum absolute atomic E-state index is 12.7. The van der Waals surface area contributed by atoms with Crippen LogP contribution in [0.5, 0.6) is 0 Å². The average molecular weight is 326 g/mol. The molecule has 0 atom stereocenters. The minimum atomic E-state index is -4.41. The molecule has 0 heterocycles. The van der Waals surface area contributed by atoms with E-state index in [0.29, 0.717) is 13.0 Å². The highest BCUT2D eigenvalue weighted by atomic mass is 19.4. The molecule has 0 aromatic heterocycles. The summed E-state index contributed by atoms with van der Waals surface area (Å²) in [6.07, 6.45) is -3.89. The number of rotatable bonds is 4. The lowest BCUT2D eigenvalue weighted by Crippen LogP contribution is -2.30. The molecule has 0 aliphatic carbocycles. The fourth-order valence-electron chi connectivity index (χ4n) is 1.89. The van der Waals surface area contributed by atoms with Crippen LogP contribution in [0, 0.1) is 5.82 Å². The molecule has 0 unspecified atom stereocenters. The van der Waals surface area contributed by atoms with Gasteiger partial charge in [-0.25, -0.2) is 9.18 Å². The smallest absolute Gasteiger partial charge is 0.338 e. The standard InChI is InChI=1S/C16H14F4N2O/c17-13-5-1-11(2-6-13)9-10-21-15(23)22-14-7-3-12(4-8-14)16(18,19)20/h1-8H,9-10H2,(H2,21,22,23). The first kappa shape index (κ1) is 16.8. The Morgan fingerprint density at radius 1 is 0.957 bits per heavy atom. The van der Waals surface area contributed by atoms with E-state index < -0.39 is 17.8 Å². The van der Waals surface area contributed by atoms with Crippen molar-refractivity contribution >= 4 is 11.7 Å². The first-order chi connectivity index (χ1) is 10.8. The van der Waals surface area contributed by atoms with Gasteiger partial charge in [0.15, 0.2) is 0 Å². The predicted molar refractivity (Wildman–Crippen MR) is 78.6 cm³/mol. The van der Waals surface area contributed by atoms with E-state index in [4.69, 9.17) is 0 Å². The van der Waals surface area contributed by atoms with Gasteiger partial charge in [0, 0.05) is 12.2 Å². The van der Waals surface area contributed by atoms with Crippen LogP contribution in [0.15, 0.2) is 48.5 Å². The molecule has 0 saturated carbocycles. The van der Waals surface area contributed by atoms with Crippen molar-refractivity contribution in [3.8, 4) is 0 Å². The molecule has 0 saturated heterocycles. The highest BCUT2D eigenvalue weighted by Crippen LogP contribution is 2.29. The first-order valence-corrected chi connectivity index (χ1v) is 6.81. The molecule has 7 heteroatoms. The van der Waals surface area contributed by atoms with Crippen molar-refractivity contribution in [2.75, 3.05) is 11.9 Å². The Morgan fingerprint density at radius 2 is 1.57 bits per heavy atom. The van der Waals surface area contributed by atoms with E-state index in [-0.39, 0.29) is 11.5 Å². The van der Waals surface area contributed by atoms with Gasteiger partial charge in [-0.05, 0) is 48.4 Å². The van der Waals surface area contributed by atoms with Gasteiger partial charge in [0.2, 0.25) is 0 Å². The molecule has 23 heavy (non-hydrogen) atoms. The quantitative estimate of drug-likeness (QED) is 0.812. The second-order valence-electron chi connectivity index (χ2n) is 4.83. The number of amides is 2.